The van der Waals surface area contributed by atoms with Crippen molar-refractivity contribution in [2.75, 3.05) is 0 Å². The summed E-state index contributed by atoms with van der Waals surface area (Å²) < 4.78 is 3.55. The maximum Gasteiger partial charge on any atom is 0.259 e. The molecular formula is C14H15N3O. The van der Waals surface area contributed by atoms with Gasteiger partial charge in [-0.2, -0.15) is 5.10 Å². The van der Waals surface area contributed by atoms with Gasteiger partial charge in [0.15, 0.2) is 0 Å². The van der Waals surface area contributed by atoms with E-state index in [0.29, 0.717) is 0 Å². The summed E-state index contributed by atoms with van der Waals surface area (Å²) in [5, 5.41) is 7.13. The normalized spacial score (nSPS) is 11.5. The Balaban J connectivity index is 2.63. The molecular weight excluding hydrogens is 226 g/mol. The molecule has 0 spiro atoms. The minimum absolute atomic E-state index is 0.0383. The third-order valence-corrected chi connectivity index (χ3v) is 3.43. The summed E-state index contributed by atoms with van der Waals surface area (Å²) >= 11 is 0. The third-order valence-electron chi connectivity index (χ3n) is 3.43. The van der Waals surface area contributed by atoms with Crippen LogP contribution in [0.4, 0.5) is 0 Å². The Kier molecular flexibility index (Phi) is 2.26. The quantitative estimate of drug-likeness (QED) is 0.655. The zero-order valence-corrected chi connectivity index (χ0v) is 10.8. The smallest absolute Gasteiger partial charge is 0.259 e. The summed E-state index contributed by atoms with van der Waals surface area (Å²) in [7, 11) is 1.81. The number of hydrogen-bond donors (Lipinski definition) is 0. The molecule has 0 bridgehead atoms. The third kappa shape index (κ3) is 1.32. The molecule has 0 atom stereocenters. The average molecular weight is 241 g/mol. The summed E-state index contributed by atoms with van der Waals surface area (Å²) in [4.78, 5) is 12.4. The highest BCUT2D eigenvalue weighted by atomic mass is 16.1. The first-order chi connectivity index (χ1) is 8.63. The van der Waals surface area contributed by atoms with E-state index in [9.17, 15) is 4.79 Å². The lowest BCUT2D eigenvalue weighted by molar-refractivity contribution is 0.659. The molecule has 0 saturated carbocycles. The van der Waals surface area contributed by atoms with Gasteiger partial charge in [-0.05, 0) is 25.3 Å². The minimum Gasteiger partial charge on any atom is -0.296 e. The van der Waals surface area contributed by atoms with Crippen LogP contribution < -0.4 is 5.56 Å². The van der Waals surface area contributed by atoms with E-state index in [2.05, 4.69) is 5.10 Å². The van der Waals surface area contributed by atoms with Crippen molar-refractivity contribution in [3.05, 3.63) is 40.3 Å². The Labute approximate surface area is 104 Å². The molecule has 0 unspecified atom stereocenters. The zero-order chi connectivity index (χ0) is 12.9. The second-order valence-electron chi connectivity index (χ2n) is 4.61. The maximum atomic E-state index is 12.4. The predicted octanol–water partition coefficient (Wildman–Crippen LogP) is 2.22. The monoisotopic (exact) mass is 241 g/mol. The standard InChI is InChI=1S/C14H15N3O/c1-4-17-13-12(8-15-17)10-6-5-9(2)7-11(10)14(18)16(13)3/h5-8H,4H2,1-3H3. The summed E-state index contributed by atoms with van der Waals surface area (Å²) in [6.45, 7) is 4.78. The fourth-order valence-corrected chi connectivity index (χ4v) is 2.50. The van der Waals surface area contributed by atoms with Gasteiger partial charge >= 0.3 is 0 Å². The lowest BCUT2D eigenvalue weighted by atomic mass is 10.1. The van der Waals surface area contributed by atoms with Gasteiger partial charge in [0.05, 0.1) is 6.20 Å². The van der Waals surface area contributed by atoms with E-state index in [4.69, 9.17) is 0 Å². The molecule has 0 aliphatic rings. The molecule has 0 radical (unpaired) electrons. The largest absolute Gasteiger partial charge is 0.296 e. The van der Waals surface area contributed by atoms with Crippen molar-refractivity contribution in [3.63, 3.8) is 0 Å². The van der Waals surface area contributed by atoms with E-state index in [1.54, 1.807) is 11.6 Å². The fourth-order valence-electron chi connectivity index (χ4n) is 2.50. The Morgan fingerprint density at radius 1 is 1.22 bits per heavy atom. The van der Waals surface area contributed by atoms with Crippen LogP contribution in [0.5, 0.6) is 0 Å². The van der Waals surface area contributed by atoms with Gasteiger partial charge in [0.2, 0.25) is 0 Å². The van der Waals surface area contributed by atoms with Gasteiger partial charge in [0.1, 0.15) is 5.65 Å². The topological polar surface area (TPSA) is 39.8 Å². The first-order valence-corrected chi connectivity index (χ1v) is 6.08. The zero-order valence-electron chi connectivity index (χ0n) is 10.8. The maximum absolute atomic E-state index is 12.4. The number of hydrogen-bond acceptors (Lipinski definition) is 2. The van der Waals surface area contributed by atoms with Gasteiger partial charge in [-0.15, -0.1) is 0 Å². The van der Waals surface area contributed by atoms with Crippen LogP contribution in [0.15, 0.2) is 29.2 Å². The highest BCUT2D eigenvalue weighted by molar-refractivity contribution is 6.04. The minimum atomic E-state index is 0.0383. The van der Waals surface area contributed by atoms with Crippen molar-refractivity contribution < 1.29 is 0 Å². The lowest BCUT2D eigenvalue weighted by Crippen LogP contribution is -2.19. The highest BCUT2D eigenvalue weighted by Crippen LogP contribution is 2.22. The number of nitrogens with zero attached hydrogens (tertiary/aromatic N) is 3. The van der Waals surface area contributed by atoms with Crippen LogP contribution in [-0.4, -0.2) is 14.3 Å². The van der Waals surface area contributed by atoms with Crippen molar-refractivity contribution >= 4 is 21.8 Å². The summed E-state index contributed by atoms with van der Waals surface area (Å²) in [6, 6.07) is 5.99. The van der Waals surface area contributed by atoms with Crippen LogP contribution in [-0.2, 0) is 13.6 Å². The SMILES string of the molecule is CCn1ncc2c3ccc(C)cc3c(=O)n(C)c21. The van der Waals surface area contributed by atoms with Crippen molar-refractivity contribution in [1.29, 1.82) is 0 Å². The molecule has 0 fully saturated rings. The van der Waals surface area contributed by atoms with Gasteiger partial charge in [0.25, 0.3) is 5.56 Å². The van der Waals surface area contributed by atoms with Crippen LogP contribution in [0.2, 0.25) is 0 Å². The lowest BCUT2D eigenvalue weighted by Gasteiger charge is -2.08. The van der Waals surface area contributed by atoms with Crippen LogP contribution in [0.25, 0.3) is 21.8 Å². The number of benzene rings is 1. The van der Waals surface area contributed by atoms with E-state index < -0.39 is 0 Å². The summed E-state index contributed by atoms with van der Waals surface area (Å²) in [5.41, 5.74) is 2.03. The molecule has 0 aliphatic heterocycles. The summed E-state index contributed by atoms with van der Waals surface area (Å²) in [5.74, 6) is 0. The second kappa shape index (κ2) is 3.70. The molecule has 0 saturated heterocycles. The van der Waals surface area contributed by atoms with Gasteiger partial charge in [-0.3, -0.25) is 9.36 Å². The van der Waals surface area contributed by atoms with Gasteiger partial charge in [-0.25, -0.2) is 4.68 Å². The van der Waals surface area contributed by atoms with E-state index in [1.807, 2.05) is 42.9 Å². The molecule has 92 valence electrons. The fraction of sp³-hybridized carbons (Fsp3) is 0.286. The van der Waals surface area contributed by atoms with Gasteiger partial charge < -0.3 is 0 Å². The van der Waals surface area contributed by atoms with Gasteiger partial charge in [-0.1, -0.05) is 17.7 Å². The van der Waals surface area contributed by atoms with Crippen LogP contribution in [0.1, 0.15) is 12.5 Å². The van der Waals surface area contributed by atoms with E-state index in [0.717, 1.165) is 33.9 Å². The molecule has 3 aromatic rings. The van der Waals surface area contributed by atoms with E-state index in [-0.39, 0.29) is 5.56 Å². The summed E-state index contributed by atoms with van der Waals surface area (Å²) in [6.07, 6.45) is 1.84. The van der Waals surface area contributed by atoms with E-state index >= 15 is 0 Å². The molecule has 4 heteroatoms. The number of pyridine rings is 1. The average Bonchev–Trinajstić information content (AvgIpc) is 2.79. The molecule has 4 nitrogen and oxygen atoms in total. The first kappa shape index (κ1) is 11.0. The molecule has 0 amide bonds. The van der Waals surface area contributed by atoms with Crippen molar-refractivity contribution in [1.82, 2.24) is 14.3 Å². The Hall–Kier alpha value is -2.10. The van der Waals surface area contributed by atoms with E-state index in [1.165, 1.54) is 0 Å². The molecule has 1 aromatic carbocycles. The predicted molar refractivity (Wildman–Crippen MR) is 72.9 cm³/mol. The molecule has 18 heavy (non-hydrogen) atoms. The number of fused-ring (bicyclic) bond motifs is 3. The van der Waals surface area contributed by atoms with Gasteiger partial charge in [0, 0.05) is 24.4 Å². The van der Waals surface area contributed by atoms with Crippen molar-refractivity contribution in [2.24, 2.45) is 7.05 Å². The van der Waals surface area contributed by atoms with Crippen molar-refractivity contribution in [3.8, 4) is 0 Å². The Morgan fingerprint density at radius 3 is 2.72 bits per heavy atom. The number of aryl methyl sites for hydroxylation is 3. The first-order valence-electron chi connectivity index (χ1n) is 6.08. The molecule has 0 N–H and O–H groups in total. The molecule has 2 heterocycles. The molecule has 0 aliphatic carbocycles. The van der Waals surface area contributed by atoms with Crippen LogP contribution in [0.3, 0.4) is 0 Å². The number of aromatic nitrogens is 3. The van der Waals surface area contributed by atoms with Crippen LogP contribution in [0, 0.1) is 6.92 Å². The molecule has 2 aromatic heterocycles. The second-order valence-corrected chi connectivity index (χ2v) is 4.61. The molecule has 3 rings (SSSR count). The number of rotatable bonds is 1. The Bertz CT molecular complexity index is 811. The van der Waals surface area contributed by atoms with Crippen molar-refractivity contribution in [2.45, 2.75) is 20.4 Å². The Morgan fingerprint density at radius 2 is 2.00 bits per heavy atom. The van der Waals surface area contributed by atoms with Crippen LogP contribution >= 0.6 is 0 Å². The highest BCUT2D eigenvalue weighted by Gasteiger charge is 2.12.